The van der Waals surface area contributed by atoms with Crippen LogP contribution in [0.2, 0.25) is 0 Å². The van der Waals surface area contributed by atoms with E-state index in [4.69, 9.17) is 14.6 Å². The molecule has 0 spiro atoms. The van der Waals surface area contributed by atoms with E-state index in [2.05, 4.69) is 15.9 Å². The van der Waals surface area contributed by atoms with E-state index in [9.17, 15) is 4.79 Å². The van der Waals surface area contributed by atoms with E-state index in [-0.39, 0.29) is 12.2 Å². The van der Waals surface area contributed by atoms with Crippen LogP contribution >= 0.6 is 15.9 Å². The fourth-order valence-corrected chi connectivity index (χ4v) is 2.04. The zero-order valence-electron chi connectivity index (χ0n) is 8.49. The first kappa shape index (κ1) is 11.0. The fourth-order valence-electron chi connectivity index (χ4n) is 1.47. The molecule has 1 aromatic carbocycles. The average molecular weight is 285 g/mol. The first-order chi connectivity index (χ1) is 7.61. The fraction of sp³-hybridized carbons (Fsp3) is 0.182. The molecule has 5 heteroatoms. The summed E-state index contributed by atoms with van der Waals surface area (Å²) < 4.78 is 11.2. The Bertz CT molecular complexity index is 479. The van der Waals surface area contributed by atoms with E-state index >= 15 is 0 Å². The Morgan fingerprint density at radius 1 is 1.56 bits per heavy atom. The maximum absolute atomic E-state index is 10.8. The van der Waals surface area contributed by atoms with Gasteiger partial charge in [-0.2, -0.15) is 0 Å². The van der Waals surface area contributed by atoms with Gasteiger partial charge in [-0.15, -0.1) is 0 Å². The molecule has 16 heavy (non-hydrogen) atoms. The van der Waals surface area contributed by atoms with Crippen LogP contribution in [-0.2, 0) is 4.79 Å². The molecule has 84 valence electrons. The molecule has 0 atom stereocenters. The monoisotopic (exact) mass is 284 g/mol. The van der Waals surface area contributed by atoms with Gasteiger partial charge in [-0.05, 0) is 34.1 Å². The Labute approximate surface area is 101 Å². The second-order valence-electron chi connectivity index (χ2n) is 3.29. The second kappa shape index (κ2) is 4.17. The third-order valence-electron chi connectivity index (χ3n) is 2.26. The lowest BCUT2D eigenvalue weighted by molar-refractivity contribution is -0.132. The summed E-state index contributed by atoms with van der Waals surface area (Å²) in [6, 6.07) is 3.51. The number of benzene rings is 1. The zero-order valence-corrected chi connectivity index (χ0v) is 10.1. The molecule has 1 aliphatic rings. The number of ether oxygens (including phenoxy) is 2. The number of methoxy groups -OCH3 is 1. The Kier molecular flexibility index (Phi) is 2.87. The third kappa shape index (κ3) is 1.90. The quantitative estimate of drug-likeness (QED) is 0.906. The number of aliphatic carboxylic acids is 1. The van der Waals surface area contributed by atoms with Gasteiger partial charge in [-0.25, -0.2) is 4.79 Å². The molecule has 4 nitrogen and oxygen atoms in total. The SMILES string of the molecule is COc1cc(Br)c2c(c1)C=C(C(=O)O)CO2. The Balaban J connectivity index is 2.52. The normalized spacial score (nSPS) is 13.5. The largest absolute Gasteiger partial charge is 0.497 e. The van der Waals surface area contributed by atoms with Crippen molar-refractivity contribution in [3.05, 3.63) is 27.7 Å². The lowest BCUT2D eigenvalue weighted by Gasteiger charge is -2.18. The predicted molar refractivity (Wildman–Crippen MR) is 61.8 cm³/mol. The smallest absolute Gasteiger partial charge is 0.335 e. The molecule has 0 unspecified atom stereocenters. The summed E-state index contributed by atoms with van der Waals surface area (Å²) in [6.45, 7) is 0.0766. The summed E-state index contributed by atoms with van der Waals surface area (Å²) in [4.78, 5) is 10.8. The Hall–Kier alpha value is -1.49. The van der Waals surface area contributed by atoms with Gasteiger partial charge in [0, 0.05) is 5.56 Å². The van der Waals surface area contributed by atoms with Crippen LogP contribution in [0.4, 0.5) is 0 Å². The number of hydrogen-bond acceptors (Lipinski definition) is 3. The van der Waals surface area contributed by atoms with Crippen LogP contribution in [0, 0.1) is 0 Å². The summed E-state index contributed by atoms with van der Waals surface area (Å²) in [6.07, 6.45) is 1.59. The minimum Gasteiger partial charge on any atom is -0.497 e. The predicted octanol–water partition coefficient (Wildman–Crippen LogP) is 2.32. The van der Waals surface area contributed by atoms with E-state index in [0.717, 1.165) is 4.47 Å². The summed E-state index contributed by atoms with van der Waals surface area (Å²) in [5.74, 6) is 0.326. The highest BCUT2D eigenvalue weighted by molar-refractivity contribution is 9.10. The molecular formula is C11H9BrO4. The summed E-state index contributed by atoms with van der Waals surface area (Å²) in [5.41, 5.74) is 0.933. The standard InChI is InChI=1S/C11H9BrO4/c1-15-8-3-6-2-7(11(13)14)5-16-10(6)9(12)4-8/h2-4H,5H2,1H3,(H,13,14). The molecule has 0 aliphatic carbocycles. The van der Waals surface area contributed by atoms with Crippen molar-refractivity contribution in [2.24, 2.45) is 0 Å². The maximum atomic E-state index is 10.8. The second-order valence-corrected chi connectivity index (χ2v) is 4.15. The van der Waals surface area contributed by atoms with E-state index in [0.29, 0.717) is 17.1 Å². The van der Waals surface area contributed by atoms with Crippen molar-refractivity contribution in [2.45, 2.75) is 0 Å². The number of carbonyl (C=O) groups is 1. The first-order valence-electron chi connectivity index (χ1n) is 4.56. The molecule has 2 rings (SSSR count). The molecule has 1 heterocycles. The van der Waals surface area contributed by atoms with Crippen LogP contribution in [0.25, 0.3) is 6.08 Å². The molecule has 1 N–H and O–H groups in total. The summed E-state index contributed by atoms with van der Waals surface area (Å²) >= 11 is 3.35. The van der Waals surface area contributed by atoms with Gasteiger partial charge in [0.25, 0.3) is 0 Å². The van der Waals surface area contributed by atoms with Crippen molar-refractivity contribution in [3.63, 3.8) is 0 Å². The molecule has 0 saturated heterocycles. The maximum Gasteiger partial charge on any atom is 0.335 e. The zero-order chi connectivity index (χ0) is 11.7. The van der Waals surface area contributed by atoms with E-state index < -0.39 is 5.97 Å². The molecule has 0 aromatic heterocycles. The molecule has 0 radical (unpaired) electrons. The molecule has 0 bridgehead atoms. The number of halogens is 1. The van der Waals surface area contributed by atoms with Crippen molar-refractivity contribution in [2.75, 3.05) is 13.7 Å². The average Bonchev–Trinajstić information content (AvgIpc) is 2.28. The van der Waals surface area contributed by atoms with Gasteiger partial charge in [0.05, 0.1) is 17.2 Å². The lowest BCUT2D eigenvalue weighted by Crippen LogP contribution is -2.14. The van der Waals surface area contributed by atoms with E-state index in [1.54, 1.807) is 25.3 Å². The number of carboxylic acids is 1. The molecule has 0 fully saturated rings. The van der Waals surface area contributed by atoms with Crippen LogP contribution in [0.5, 0.6) is 11.5 Å². The van der Waals surface area contributed by atoms with Crippen molar-refractivity contribution in [1.29, 1.82) is 0 Å². The lowest BCUT2D eigenvalue weighted by atomic mass is 10.1. The molecular weight excluding hydrogens is 276 g/mol. The summed E-state index contributed by atoms with van der Waals surface area (Å²) in [7, 11) is 1.56. The summed E-state index contributed by atoms with van der Waals surface area (Å²) in [5, 5.41) is 8.87. The van der Waals surface area contributed by atoms with E-state index in [1.807, 2.05) is 0 Å². The van der Waals surface area contributed by atoms with Crippen molar-refractivity contribution >= 4 is 28.0 Å². The van der Waals surface area contributed by atoms with Crippen LogP contribution in [0.1, 0.15) is 5.56 Å². The number of fused-ring (bicyclic) bond motifs is 1. The third-order valence-corrected chi connectivity index (χ3v) is 2.85. The highest BCUT2D eigenvalue weighted by Gasteiger charge is 2.19. The van der Waals surface area contributed by atoms with Crippen LogP contribution in [-0.4, -0.2) is 24.8 Å². The number of carboxylic acid groups (broad SMARTS) is 1. The van der Waals surface area contributed by atoms with E-state index in [1.165, 1.54) is 0 Å². The van der Waals surface area contributed by atoms with Crippen LogP contribution in [0.15, 0.2) is 22.2 Å². The Morgan fingerprint density at radius 2 is 2.31 bits per heavy atom. The Morgan fingerprint density at radius 3 is 2.94 bits per heavy atom. The van der Waals surface area contributed by atoms with Gasteiger partial charge in [0.2, 0.25) is 0 Å². The van der Waals surface area contributed by atoms with Gasteiger partial charge in [0.1, 0.15) is 18.1 Å². The molecule has 0 amide bonds. The van der Waals surface area contributed by atoms with Crippen LogP contribution < -0.4 is 9.47 Å². The number of rotatable bonds is 2. The van der Waals surface area contributed by atoms with Crippen LogP contribution in [0.3, 0.4) is 0 Å². The van der Waals surface area contributed by atoms with Crippen molar-refractivity contribution in [1.82, 2.24) is 0 Å². The highest BCUT2D eigenvalue weighted by Crippen LogP contribution is 2.37. The topological polar surface area (TPSA) is 55.8 Å². The first-order valence-corrected chi connectivity index (χ1v) is 5.35. The highest BCUT2D eigenvalue weighted by atomic mass is 79.9. The van der Waals surface area contributed by atoms with Gasteiger partial charge >= 0.3 is 5.97 Å². The molecule has 0 saturated carbocycles. The van der Waals surface area contributed by atoms with Gasteiger partial charge in [-0.1, -0.05) is 0 Å². The van der Waals surface area contributed by atoms with Crippen molar-refractivity contribution < 1.29 is 19.4 Å². The molecule has 1 aromatic rings. The van der Waals surface area contributed by atoms with Gasteiger partial charge < -0.3 is 14.6 Å². The number of hydrogen-bond donors (Lipinski definition) is 1. The molecule has 1 aliphatic heterocycles. The van der Waals surface area contributed by atoms with Crippen molar-refractivity contribution in [3.8, 4) is 11.5 Å². The minimum absolute atomic E-state index is 0.0766. The minimum atomic E-state index is -0.968. The van der Waals surface area contributed by atoms with Gasteiger partial charge in [0.15, 0.2) is 0 Å². The van der Waals surface area contributed by atoms with Gasteiger partial charge in [-0.3, -0.25) is 0 Å².